The van der Waals surface area contributed by atoms with Crippen LogP contribution in [0.4, 0.5) is 14.9 Å². The van der Waals surface area contributed by atoms with E-state index < -0.39 is 17.8 Å². The van der Waals surface area contributed by atoms with Crippen molar-refractivity contribution in [1.29, 1.82) is 0 Å². The predicted octanol–water partition coefficient (Wildman–Crippen LogP) is 7.73. The fourth-order valence-electron chi connectivity index (χ4n) is 4.30. The summed E-state index contributed by atoms with van der Waals surface area (Å²) < 4.78 is 31.1. The van der Waals surface area contributed by atoms with Crippen molar-refractivity contribution in [2.24, 2.45) is 0 Å². The third-order valence-electron chi connectivity index (χ3n) is 6.44. The minimum Gasteiger partial charge on any atom is -0.493 e. The molecule has 1 saturated heterocycles. The quantitative estimate of drug-likeness (QED) is 0.142. The number of anilines is 1. The first kappa shape index (κ1) is 31.1. The molecule has 0 spiro atoms. The lowest BCUT2D eigenvalue weighted by Crippen LogP contribution is -2.54. The van der Waals surface area contributed by atoms with Gasteiger partial charge in [0.15, 0.2) is 11.5 Å². The highest BCUT2D eigenvalue weighted by Crippen LogP contribution is 2.38. The van der Waals surface area contributed by atoms with E-state index in [0.717, 1.165) is 10.5 Å². The number of nitrogens with one attached hydrogen (secondary N) is 1. The van der Waals surface area contributed by atoms with Gasteiger partial charge in [0, 0.05) is 15.6 Å². The van der Waals surface area contributed by atoms with Crippen molar-refractivity contribution in [3.63, 3.8) is 0 Å². The number of carbonyl (C=O) groups is 3. The molecule has 0 aromatic heterocycles. The van der Waals surface area contributed by atoms with Gasteiger partial charge in [0.25, 0.3) is 11.8 Å². The Morgan fingerprint density at radius 3 is 2.41 bits per heavy atom. The number of amides is 4. The molecule has 44 heavy (non-hydrogen) atoms. The molecular weight excluding hydrogens is 678 g/mol. The highest BCUT2D eigenvalue weighted by Gasteiger charge is 2.37. The second-order valence-electron chi connectivity index (χ2n) is 9.43. The van der Waals surface area contributed by atoms with Crippen LogP contribution in [-0.4, -0.2) is 25.0 Å². The maximum Gasteiger partial charge on any atom is 0.335 e. The summed E-state index contributed by atoms with van der Waals surface area (Å²) in [6.45, 7) is 0.247. The Morgan fingerprint density at radius 2 is 1.70 bits per heavy atom. The van der Waals surface area contributed by atoms with Crippen LogP contribution in [0.25, 0.3) is 6.08 Å². The minimum atomic E-state index is -0.890. The highest BCUT2D eigenvalue weighted by molar-refractivity contribution is 9.10. The molecule has 4 aromatic carbocycles. The van der Waals surface area contributed by atoms with Crippen LogP contribution in [0.2, 0.25) is 10.0 Å². The summed E-state index contributed by atoms with van der Waals surface area (Å²) >= 11 is 15.6. The molecule has 1 aliphatic heterocycles. The summed E-state index contributed by atoms with van der Waals surface area (Å²) in [5, 5.41) is 3.17. The van der Waals surface area contributed by atoms with Gasteiger partial charge in [-0.25, -0.2) is 14.1 Å². The monoisotopic (exact) mass is 698 g/mol. The summed E-state index contributed by atoms with van der Waals surface area (Å²) in [5.41, 5.74) is 1.72. The number of hydrogen-bond donors (Lipinski definition) is 1. The normalized spacial score (nSPS) is 14.1. The maximum atomic E-state index is 13.6. The van der Waals surface area contributed by atoms with E-state index in [1.807, 2.05) is 0 Å². The zero-order chi connectivity index (χ0) is 31.4. The molecular formula is C32H22BrCl2FN2O6. The number of carbonyl (C=O) groups excluding carboxylic acids is 3. The molecule has 1 N–H and O–H groups in total. The van der Waals surface area contributed by atoms with Crippen molar-refractivity contribution in [2.45, 2.75) is 13.2 Å². The van der Waals surface area contributed by atoms with Gasteiger partial charge in [-0.15, -0.1) is 0 Å². The van der Waals surface area contributed by atoms with Gasteiger partial charge < -0.3 is 14.2 Å². The summed E-state index contributed by atoms with van der Waals surface area (Å²) in [6.07, 6.45) is 1.34. The van der Waals surface area contributed by atoms with E-state index in [9.17, 15) is 18.8 Å². The molecule has 0 aliphatic carbocycles. The number of methoxy groups -OCH3 is 1. The van der Waals surface area contributed by atoms with Crippen LogP contribution in [0, 0.1) is 5.82 Å². The summed E-state index contributed by atoms with van der Waals surface area (Å²) in [7, 11) is 1.43. The van der Waals surface area contributed by atoms with Crippen LogP contribution in [0.3, 0.4) is 0 Å². The average Bonchev–Trinajstić information content (AvgIpc) is 2.98. The summed E-state index contributed by atoms with van der Waals surface area (Å²) in [5.74, 6) is -0.941. The maximum absolute atomic E-state index is 13.6. The molecule has 8 nitrogen and oxygen atoms in total. The van der Waals surface area contributed by atoms with E-state index in [1.165, 1.54) is 37.5 Å². The van der Waals surface area contributed by atoms with Crippen LogP contribution in [-0.2, 0) is 22.8 Å². The molecule has 1 aliphatic rings. The van der Waals surface area contributed by atoms with Crippen LogP contribution < -0.4 is 24.4 Å². The van der Waals surface area contributed by atoms with Crippen LogP contribution in [0.1, 0.15) is 16.7 Å². The van der Waals surface area contributed by atoms with Crippen molar-refractivity contribution in [2.75, 3.05) is 12.0 Å². The number of imide groups is 2. The number of barbiturate groups is 1. The zero-order valence-corrected chi connectivity index (χ0v) is 26.0. The van der Waals surface area contributed by atoms with Gasteiger partial charge in [0.2, 0.25) is 0 Å². The van der Waals surface area contributed by atoms with Gasteiger partial charge in [-0.3, -0.25) is 14.9 Å². The smallest absolute Gasteiger partial charge is 0.335 e. The number of benzene rings is 4. The second-order valence-corrected chi connectivity index (χ2v) is 11.1. The van der Waals surface area contributed by atoms with E-state index in [-0.39, 0.29) is 30.3 Å². The third kappa shape index (κ3) is 7.05. The van der Waals surface area contributed by atoms with Crippen molar-refractivity contribution in [3.05, 3.63) is 121 Å². The molecule has 1 heterocycles. The van der Waals surface area contributed by atoms with Crippen molar-refractivity contribution in [3.8, 4) is 17.2 Å². The molecule has 4 amide bonds. The van der Waals surface area contributed by atoms with Gasteiger partial charge in [0.05, 0.1) is 17.3 Å². The highest BCUT2D eigenvalue weighted by atomic mass is 79.9. The molecule has 0 radical (unpaired) electrons. The lowest BCUT2D eigenvalue weighted by molar-refractivity contribution is -0.122. The topological polar surface area (TPSA) is 94.2 Å². The van der Waals surface area contributed by atoms with E-state index in [4.69, 9.17) is 37.4 Å². The molecule has 0 bridgehead atoms. The molecule has 1 fully saturated rings. The minimum absolute atomic E-state index is 0.0732. The van der Waals surface area contributed by atoms with E-state index in [0.29, 0.717) is 42.9 Å². The molecule has 224 valence electrons. The summed E-state index contributed by atoms with van der Waals surface area (Å²) in [6, 6.07) is 19.6. The van der Waals surface area contributed by atoms with Gasteiger partial charge in [-0.2, -0.15) is 0 Å². The third-order valence-corrected chi connectivity index (χ3v) is 7.62. The number of nitrogens with zero attached hydrogens (tertiary/aromatic N) is 1. The zero-order valence-electron chi connectivity index (χ0n) is 22.9. The van der Waals surface area contributed by atoms with Gasteiger partial charge in [-0.05, 0) is 93.8 Å². The SMILES string of the molecule is COc1cc(/C=C2\C(=O)NC(=O)N(c3ccc(OCc4ccc(Cl)cc4Cl)cc3)C2=O)cc(Br)c1OCc1cccc(F)c1. The molecule has 4 aromatic rings. The Kier molecular flexibility index (Phi) is 9.53. The van der Waals surface area contributed by atoms with Crippen molar-refractivity contribution in [1.82, 2.24) is 5.32 Å². The number of hydrogen-bond acceptors (Lipinski definition) is 6. The number of ether oxygens (including phenoxy) is 3. The average molecular weight is 700 g/mol. The van der Waals surface area contributed by atoms with E-state index >= 15 is 0 Å². The standard InChI is InChI=1S/C32H22BrCl2FN2O6/c1-42-28-14-19(13-26(33)29(28)44-16-18-3-2-4-22(36)11-18)12-25-30(39)37-32(41)38(31(25)40)23-7-9-24(10-8-23)43-17-20-5-6-21(34)15-27(20)35/h2-15H,16-17H2,1H3,(H,37,39,41)/b25-12+. The van der Waals surface area contributed by atoms with Crippen LogP contribution in [0.5, 0.6) is 17.2 Å². The predicted molar refractivity (Wildman–Crippen MR) is 168 cm³/mol. The Morgan fingerprint density at radius 1 is 0.932 bits per heavy atom. The molecule has 12 heteroatoms. The lowest BCUT2D eigenvalue weighted by atomic mass is 10.1. The molecule has 0 saturated carbocycles. The fourth-order valence-corrected chi connectivity index (χ4v) is 5.33. The lowest BCUT2D eigenvalue weighted by Gasteiger charge is -2.26. The Bertz CT molecular complexity index is 1800. The van der Waals surface area contributed by atoms with E-state index in [1.54, 1.807) is 54.6 Å². The molecule has 0 atom stereocenters. The second kappa shape index (κ2) is 13.5. The van der Waals surface area contributed by atoms with Gasteiger partial charge in [-0.1, -0.05) is 41.4 Å². The first-order valence-corrected chi connectivity index (χ1v) is 14.5. The fraction of sp³-hybridized carbons (Fsp3) is 0.0938. The first-order chi connectivity index (χ1) is 21.1. The number of rotatable bonds is 9. The first-order valence-electron chi connectivity index (χ1n) is 13.0. The van der Waals surface area contributed by atoms with Crippen molar-refractivity contribution < 1.29 is 33.0 Å². The van der Waals surface area contributed by atoms with Crippen LogP contribution in [0.15, 0.2) is 88.9 Å². The summed E-state index contributed by atoms with van der Waals surface area (Å²) in [4.78, 5) is 39.7. The Hall–Kier alpha value is -4.38. The van der Waals surface area contributed by atoms with Crippen molar-refractivity contribution >= 4 is 68.7 Å². The molecule has 5 rings (SSSR count). The molecule has 0 unspecified atom stereocenters. The largest absolute Gasteiger partial charge is 0.493 e. The Balaban J connectivity index is 1.34. The Labute approximate surface area is 270 Å². The van der Waals surface area contributed by atoms with Crippen LogP contribution >= 0.6 is 39.1 Å². The van der Waals surface area contributed by atoms with Gasteiger partial charge in [0.1, 0.15) is 30.4 Å². The van der Waals surface area contributed by atoms with E-state index in [2.05, 4.69) is 21.2 Å². The number of halogens is 4. The van der Waals surface area contributed by atoms with Gasteiger partial charge >= 0.3 is 6.03 Å². The number of urea groups is 1.